The van der Waals surface area contributed by atoms with E-state index in [2.05, 4.69) is 17.2 Å². The molecule has 0 atom stereocenters. The smallest absolute Gasteiger partial charge is 0.101 e. The van der Waals surface area contributed by atoms with E-state index >= 15 is 0 Å². The quantitative estimate of drug-likeness (QED) is 0.789. The van der Waals surface area contributed by atoms with Crippen molar-refractivity contribution < 1.29 is 0 Å². The van der Waals surface area contributed by atoms with Crippen LogP contribution in [-0.4, -0.2) is 25.6 Å². The maximum Gasteiger partial charge on any atom is 0.101 e. The van der Waals surface area contributed by atoms with Crippen LogP contribution in [0.3, 0.4) is 0 Å². The first-order chi connectivity index (χ1) is 7.19. The molecule has 0 saturated heterocycles. The molecule has 2 N–H and O–H groups in total. The minimum atomic E-state index is 0.633. The average molecular weight is 221 g/mol. The molecule has 80 valence electrons. The van der Waals surface area contributed by atoms with Crippen molar-refractivity contribution in [3.8, 4) is 6.07 Å². The molecule has 1 rings (SSSR count). The number of nitrogens with zero attached hydrogens (tertiary/aromatic N) is 2. The fraction of sp³-hybridized carbons (Fsp3) is 0.364. The van der Waals surface area contributed by atoms with Gasteiger partial charge >= 0.3 is 0 Å². The summed E-state index contributed by atoms with van der Waals surface area (Å²) in [7, 11) is 1.99. The first kappa shape index (κ1) is 11.7. The van der Waals surface area contributed by atoms with Crippen LogP contribution in [0.2, 0.25) is 0 Å². The molecular weight excluding hydrogens is 206 g/mol. The summed E-state index contributed by atoms with van der Waals surface area (Å²) in [6.45, 7) is 0.930. The Kier molecular flexibility index (Phi) is 4.32. The molecule has 0 amide bonds. The van der Waals surface area contributed by atoms with E-state index in [-0.39, 0.29) is 0 Å². The van der Waals surface area contributed by atoms with E-state index in [9.17, 15) is 0 Å². The van der Waals surface area contributed by atoms with E-state index in [1.165, 1.54) is 0 Å². The molecule has 0 aliphatic rings. The molecule has 0 unspecified atom stereocenters. The highest BCUT2D eigenvalue weighted by atomic mass is 32.2. The van der Waals surface area contributed by atoms with Crippen molar-refractivity contribution in [1.29, 1.82) is 5.26 Å². The van der Waals surface area contributed by atoms with Gasteiger partial charge in [0.1, 0.15) is 6.07 Å². The fourth-order valence-electron chi connectivity index (χ4n) is 1.32. The number of nitriles is 1. The van der Waals surface area contributed by atoms with Crippen LogP contribution in [0, 0.1) is 11.3 Å². The van der Waals surface area contributed by atoms with Crippen molar-refractivity contribution in [2.24, 2.45) is 0 Å². The molecule has 0 saturated carbocycles. The van der Waals surface area contributed by atoms with Gasteiger partial charge in [-0.2, -0.15) is 17.0 Å². The summed E-state index contributed by atoms with van der Waals surface area (Å²) in [5, 5.41) is 8.98. The lowest BCUT2D eigenvalue weighted by atomic mass is 10.1. The lowest BCUT2D eigenvalue weighted by Gasteiger charge is -2.20. The van der Waals surface area contributed by atoms with Crippen molar-refractivity contribution in [2.45, 2.75) is 0 Å². The minimum absolute atomic E-state index is 0.633. The Bertz CT molecular complexity index is 371. The van der Waals surface area contributed by atoms with E-state index in [4.69, 9.17) is 11.0 Å². The predicted octanol–water partition coefficient (Wildman–Crippen LogP) is 1.94. The average Bonchev–Trinajstić information content (AvgIpc) is 2.25. The van der Waals surface area contributed by atoms with Gasteiger partial charge < -0.3 is 10.6 Å². The second-order valence-electron chi connectivity index (χ2n) is 3.30. The number of hydrogen-bond donors (Lipinski definition) is 1. The van der Waals surface area contributed by atoms with E-state index < -0.39 is 0 Å². The van der Waals surface area contributed by atoms with Gasteiger partial charge in [-0.3, -0.25) is 0 Å². The third-order valence-corrected chi connectivity index (χ3v) is 2.77. The molecule has 15 heavy (non-hydrogen) atoms. The molecule has 0 heterocycles. The minimum Gasteiger partial charge on any atom is -0.399 e. The van der Waals surface area contributed by atoms with Gasteiger partial charge in [-0.05, 0) is 24.5 Å². The first-order valence-electron chi connectivity index (χ1n) is 4.68. The van der Waals surface area contributed by atoms with Crippen LogP contribution in [0.5, 0.6) is 0 Å². The largest absolute Gasteiger partial charge is 0.399 e. The third-order valence-electron chi connectivity index (χ3n) is 2.18. The van der Waals surface area contributed by atoms with Gasteiger partial charge in [0.15, 0.2) is 0 Å². The lowest BCUT2D eigenvalue weighted by molar-refractivity contribution is 0.975. The first-order valence-corrected chi connectivity index (χ1v) is 6.08. The highest BCUT2D eigenvalue weighted by Crippen LogP contribution is 2.21. The Morgan fingerprint density at radius 2 is 2.27 bits per heavy atom. The van der Waals surface area contributed by atoms with Crippen molar-refractivity contribution in [2.75, 3.05) is 36.2 Å². The molecule has 0 fully saturated rings. The molecule has 4 heteroatoms. The number of benzene rings is 1. The SMILES string of the molecule is CSCCN(C)c1ccc(N)cc1C#N. The van der Waals surface area contributed by atoms with Gasteiger partial charge in [0.05, 0.1) is 11.3 Å². The number of rotatable bonds is 4. The molecule has 0 radical (unpaired) electrons. The Balaban J connectivity index is 2.89. The summed E-state index contributed by atoms with van der Waals surface area (Å²) in [6.07, 6.45) is 2.07. The Morgan fingerprint density at radius 1 is 1.53 bits per heavy atom. The summed E-state index contributed by atoms with van der Waals surface area (Å²) in [4.78, 5) is 2.08. The third kappa shape index (κ3) is 3.07. The van der Waals surface area contributed by atoms with Crippen molar-refractivity contribution in [3.63, 3.8) is 0 Å². The molecule has 0 bridgehead atoms. The molecular formula is C11H15N3S. The maximum atomic E-state index is 8.98. The molecule has 0 aliphatic heterocycles. The van der Waals surface area contributed by atoms with Crippen LogP contribution in [0.25, 0.3) is 0 Å². The zero-order chi connectivity index (χ0) is 11.3. The van der Waals surface area contributed by atoms with Crippen molar-refractivity contribution in [3.05, 3.63) is 23.8 Å². The Hall–Kier alpha value is -1.34. The van der Waals surface area contributed by atoms with Gasteiger partial charge in [0, 0.05) is 25.0 Å². The predicted molar refractivity (Wildman–Crippen MR) is 67.2 cm³/mol. The summed E-state index contributed by atoms with van der Waals surface area (Å²) >= 11 is 1.79. The molecule has 0 aliphatic carbocycles. The molecule has 1 aromatic carbocycles. The normalized spacial score (nSPS) is 9.67. The van der Waals surface area contributed by atoms with Crippen LogP contribution in [0.4, 0.5) is 11.4 Å². The standard InChI is InChI=1S/C11H15N3S/c1-14(5-6-15-2)11-4-3-10(13)7-9(11)8-12/h3-4,7H,5-6,13H2,1-2H3. The maximum absolute atomic E-state index is 8.98. The Morgan fingerprint density at radius 3 is 2.87 bits per heavy atom. The van der Waals surface area contributed by atoms with E-state index in [0.29, 0.717) is 11.3 Å². The molecule has 0 spiro atoms. The van der Waals surface area contributed by atoms with E-state index in [1.54, 1.807) is 17.8 Å². The lowest BCUT2D eigenvalue weighted by Crippen LogP contribution is -2.21. The van der Waals surface area contributed by atoms with E-state index in [1.807, 2.05) is 19.2 Å². The van der Waals surface area contributed by atoms with Gasteiger partial charge in [-0.25, -0.2) is 0 Å². The number of thioether (sulfide) groups is 1. The monoisotopic (exact) mass is 221 g/mol. The van der Waals surface area contributed by atoms with E-state index in [0.717, 1.165) is 18.0 Å². The molecule has 3 nitrogen and oxygen atoms in total. The van der Waals surface area contributed by atoms with Gasteiger partial charge in [-0.15, -0.1) is 0 Å². The van der Waals surface area contributed by atoms with Crippen molar-refractivity contribution >= 4 is 23.1 Å². The summed E-state index contributed by atoms with van der Waals surface area (Å²) < 4.78 is 0. The Labute approximate surface area is 94.9 Å². The molecule has 1 aromatic rings. The van der Waals surface area contributed by atoms with Crippen LogP contribution in [0.15, 0.2) is 18.2 Å². The topological polar surface area (TPSA) is 53.0 Å². The van der Waals surface area contributed by atoms with Crippen LogP contribution < -0.4 is 10.6 Å². The number of nitrogen functional groups attached to an aromatic ring is 1. The van der Waals surface area contributed by atoms with Crippen LogP contribution >= 0.6 is 11.8 Å². The van der Waals surface area contributed by atoms with Crippen LogP contribution in [0.1, 0.15) is 5.56 Å². The second kappa shape index (κ2) is 5.52. The summed E-state index contributed by atoms with van der Waals surface area (Å²) in [5.41, 5.74) is 7.85. The highest BCUT2D eigenvalue weighted by Gasteiger charge is 2.06. The molecule has 0 aromatic heterocycles. The zero-order valence-corrected chi connectivity index (χ0v) is 9.84. The summed E-state index contributed by atoms with van der Waals surface area (Å²) in [6, 6.07) is 7.60. The number of anilines is 2. The van der Waals surface area contributed by atoms with Gasteiger partial charge in [0.25, 0.3) is 0 Å². The van der Waals surface area contributed by atoms with Gasteiger partial charge in [-0.1, -0.05) is 0 Å². The fourth-order valence-corrected chi connectivity index (χ4v) is 1.78. The zero-order valence-electron chi connectivity index (χ0n) is 9.03. The highest BCUT2D eigenvalue weighted by molar-refractivity contribution is 7.98. The van der Waals surface area contributed by atoms with Gasteiger partial charge in [0.2, 0.25) is 0 Å². The number of nitrogens with two attached hydrogens (primary N) is 1. The number of hydrogen-bond acceptors (Lipinski definition) is 4. The second-order valence-corrected chi connectivity index (χ2v) is 4.29. The summed E-state index contributed by atoms with van der Waals surface area (Å²) in [5.74, 6) is 1.05. The van der Waals surface area contributed by atoms with Crippen LogP contribution in [-0.2, 0) is 0 Å². The van der Waals surface area contributed by atoms with Crippen molar-refractivity contribution in [1.82, 2.24) is 0 Å².